The molecule has 2 aliphatic rings. The molecule has 3 N–H and O–H groups in total. The average molecular weight is 279 g/mol. The van der Waals surface area contributed by atoms with Gasteiger partial charge in [0.15, 0.2) is 0 Å². The second-order valence-electron chi connectivity index (χ2n) is 6.11. The van der Waals surface area contributed by atoms with E-state index in [4.69, 9.17) is 5.73 Å². The summed E-state index contributed by atoms with van der Waals surface area (Å²) in [4.78, 5) is 16.3. The Bertz CT molecular complexity index is 741. The fourth-order valence-corrected chi connectivity index (χ4v) is 3.76. The number of pyridine rings is 1. The van der Waals surface area contributed by atoms with Crippen LogP contribution in [-0.4, -0.2) is 10.9 Å². The summed E-state index contributed by atoms with van der Waals surface area (Å²) in [5, 5.41) is 2.94. The van der Waals surface area contributed by atoms with Crippen LogP contribution in [0.4, 0.5) is 11.5 Å². The van der Waals surface area contributed by atoms with Gasteiger partial charge in [-0.2, -0.15) is 0 Å². The molecule has 0 radical (unpaired) electrons. The lowest BCUT2D eigenvalue weighted by molar-refractivity contribution is -0.116. The van der Waals surface area contributed by atoms with Crippen molar-refractivity contribution in [3.8, 4) is 0 Å². The zero-order chi connectivity index (χ0) is 14.4. The molecule has 1 spiro atoms. The number of anilines is 2. The number of benzene rings is 1. The highest BCUT2D eigenvalue weighted by atomic mass is 16.1. The van der Waals surface area contributed by atoms with Gasteiger partial charge in [-0.15, -0.1) is 0 Å². The van der Waals surface area contributed by atoms with E-state index >= 15 is 0 Å². The first-order valence-electron chi connectivity index (χ1n) is 7.29. The van der Waals surface area contributed by atoms with E-state index in [1.165, 1.54) is 11.1 Å². The van der Waals surface area contributed by atoms with Crippen LogP contribution in [0.15, 0.2) is 36.5 Å². The fourth-order valence-electron chi connectivity index (χ4n) is 3.76. The predicted octanol–water partition coefficient (Wildman–Crippen LogP) is 2.43. The molecule has 0 fully saturated rings. The summed E-state index contributed by atoms with van der Waals surface area (Å²) >= 11 is 0. The van der Waals surface area contributed by atoms with Crippen LogP contribution >= 0.6 is 0 Å². The van der Waals surface area contributed by atoms with E-state index in [2.05, 4.69) is 28.5 Å². The summed E-state index contributed by atoms with van der Waals surface area (Å²) in [6.45, 7) is 0. The lowest BCUT2D eigenvalue weighted by atomic mass is 9.75. The van der Waals surface area contributed by atoms with E-state index in [0.717, 1.165) is 36.3 Å². The van der Waals surface area contributed by atoms with Gasteiger partial charge in [-0.3, -0.25) is 4.79 Å². The van der Waals surface area contributed by atoms with E-state index < -0.39 is 0 Å². The summed E-state index contributed by atoms with van der Waals surface area (Å²) in [7, 11) is 0. The number of carbonyl (C=O) groups excluding carboxylic acids is 1. The number of fused-ring (bicyclic) bond motifs is 3. The molecule has 1 amide bonds. The van der Waals surface area contributed by atoms with Gasteiger partial charge in [0.05, 0.1) is 0 Å². The summed E-state index contributed by atoms with van der Waals surface area (Å²) in [5.74, 6) is 0.781. The maximum Gasteiger partial charge on any atom is 0.225 e. The molecule has 2 heterocycles. The largest absolute Gasteiger partial charge is 0.399 e. The van der Waals surface area contributed by atoms with Gasteiger partial charge >= 0.3 is 0 Å². The van der Waals surface area contributed by atoms with Gasteiger partial charge in [0.2, 0.25) is 5.91 Å². The average Bonchev–Trinajstić information content (AvgIpc) is 2.78. The monoisotopic (exact) mass is 279 g/mol. The second-order valence-corrected chi connectivity index (χ2v) is 6.11. The molecule has 1 aliphatic heterocycles. The number of nitrogen functional groups attached to an aromatic ring is 1. The predicted molar refractivity (Wildman–Crippen MR) is 82.0 cm³/mol. The molecular weight excluding hydrogens is 262 g/mol. The van der Waals surface area contributed by atoms with Crippen molar-refractivity contribution in [3.05, 3.63) is 53.2 Å². The molecule has 1 unspecified atom stereocenters. The van der Waals surface area contributed by atoms with Crippen LogP contribution in [0.2, 0.25) is 0 Å². The van der Waals surface area contributed by atoms with Crippen molar-refractivity contribution in [2.75, 3.05) is 11.1 Å². The summed E-state index contributed by atoms with van der Waals surface area (Å²) < 4.78 is 0. The third-order valence-corrected chi connectivity index (χ3v) is 4.76. The Labute approximate surface area is 123 Å². The number of nitrogens with zero attached hydrogens (tertiary/aromatic N) is 1. The number of rotatable bonds is 0. The quantitative estimate of drug-likeness (QED) is 0.728. The topological polar surface area (TPSA) is 68.0 Å². The Kier molecular flexibility index (Phi) is 2.55. The Balaban J connectivity index is 1.84. The first kappa shape index (κ1) is 12.4. The van der Waals surface area contributed by atoms with Crippen LogP contribution < -0.4 is 11.1 Å². The van der Waals surface area contributed by atoms with Crippen molar-refractivity contribution in [1.29, 1.82) is 0 Å². The molecule has 1 aromatic carbocycles. The molecule has 106 valence electrons. The standard InChI is InChI=1S/C17H17N3O/c18-13-4-3-11-9-17(10-12(11)8-13)6-5-15(21)20-16-14(17)2-1-7-19-16/h1-4,7-8H,5-6,9-10,18H2,(H,19,20,21). The summed E-state index contributed by atoms with van der Waals surface area (Å²) in [6.07, 6.45) is 5.02. The summed E-state index contributed by atoms with van der Waals surface area (Å²) in [6, 6.07) is 10.2. The van der Waals surface area contributed by atoms with Crippen molar-refractivity contribution >= 4 is 17.4 Å². The van der Waals surface area contributed by atoms with E-state index in [9.17, 15) is 4.79 Å². The fraction of sp³-hybridized carbons (Fsp3) is 0.294. The maximum atomic E-state index is 11.9. The third-order valence-electron chi connectivity index (χ3n) is 4.76. The van der Waals surface area contributed by atoms with Gasteiger partial charge in [0.1, 0.15) is 5.82 Å². The first-order chi connectivity index (χ1) is 10.2. The van der Waals surface area contributed by atoms with Crippen LogP contribution in [0.3, 0.4) is 0 Å². The highest BCUT2D eigenvalue weighted by Gasteiger charge is 2.42. The molecule has 0 saturated heterocycles. The van der Waals surface area contributed by atoms with Crippen LogP contribution in [-0.2, 0) is 23.1 Å². The second kappa shape index (κ2) is 4.32. The van der Waals surface area contributed by atoms with Crippen LogP contribution in [0.25, 0.3) is 0 Å². The molecule has 0 bridgehead atoms. The van der Waals surface area contributed by atoms with Crippen molar-refractivity contribution in [3.63, 3.8) is 0 Å². The number of nitrogens with two attached hydrogens (primary N) is 1. The lowest BCUT2D eigenvalue weighted by Gasteiger charge is -2.28. The molecule has 0 saturated carbocycles. The zero-order valence-electron chi connectivity index (χ0n) is 11.7. The van der Waals surface area contributed by atoms with Gasteiger partial charge in [0, 0.05) is 29.3 Å². The third kappa shape index (κ3) is 1.90. The molecular formula is C17H17N3O. The van der Waals surface area contributed by atoms with E-state index in [1.807, 2.05) is 12.1 Å². The smallest absolute Gasteiger partial charge is 0.225 e. The minimum Gasteiger partial charge on any atom is -0.399 e. The normalized spacial score (nSPS) is 23.3. The Morgan fingerprint density at radius 3 is 2.95 bits per heavy atom. The minimum atomic E-state index is -0.0289. The lowest BCUT2D eigenvalue weighted by Crippen LogP contribution is -2.26. The van der Waals surface area contributed by atoms with E-state index in [1.54, 1.807) is 6.20 Å². The maximum absolute atomic E-state index is 11.9. The summed E-state index contributed by atoms with van der Waals surface area (Å²) in [5.41, 5.74) is 10.5. The number of aromatic nitrogens is 1. The Morgan fingerprint density at radius 2 is 2.05 bits per heavy atom. The molecule has 1 atom stereocenters. The number of nitrogens with one attached hydrogen (secondary N) is 1. The van der Waals surface area contributed by atoms with Crippen molar-refractivity contribution in [1.82, 2.24) is 4.98 Å². The molecule has 4 heteroatoms. The van der Waals surface area contributed by atoms with Crippen LogP contribution in [0.5, 0.6) is 0 Å². The van der Waals surface area contributed by atoms with Crippen molar-refractivity contribution < 1.29 is 4.79 Å². The number of hydrogen-bond donors (Lipinski definition) is 2. The minimum absolute atomic E-state index is 0.0289. The number of hydrogen-bond acceptors (Lipinski definition) is 3. The molecule has 1 aliphatic carbocycles. The first-order valence-corrected chi connectivity index (χ1v) is 7.29. The zero-order valence-corrected chi connectivity index (χ0v) is 11.7. The SMILES string of the molecule is Nc1ccc2c(c1)CC1(CCC(=O)Nc3ncccc31)C2. The highest BCUT2D eigenvalue weighted by molar-refractivity contribution is 5.91. The molecule has 4 nitrogen and oxygen atoms in total. The van der Waals surface area contributed by atoms with Crippen LogP contribution in [0, 0.1) is 0 Å². The van der Waals surface area contributed by atoms with E-state index in [-0.39, 0.29) is 11.3 Å². The number of carbonyl (C=O) groups is 1. The van der Waals surface area contributed by atoms with Crippen molar-refractivity contribution in [2.24, 2.45) is 0 Å². The molecule has 2 aromatic rings. The highest BCUT2D eigenvalue weighted by Crippen LogP contribution is 2.46. The van der Waals surface area contributed by atoms with Gasteiger partial charge in [-0.05, 0) is 48.6 Å². The molecule has 1 aromatic heterocycles. The van der Waals surface area contributed by atoms with Crippen LogP contribution in [0.1, 0.15) is 29.5 Å². The molecule has 21 heavy (non-hydrogen) atoms. The van der Waals surface area contributed by atoms with Gasteiger partial charge in [-0.1, -0.05) is 12.1 Å². The molecule has 4 rings (SSSR count). The Morgan fingerprint density at radius 1 is 1.19 bits per heavy atom. The van der Waals surface area contributed by atoms with Gasteiger partial charge < -0.3 is 11.1 Å². The Hall–Kier alpha value is -2.36. The number of amides is 1. The van der Waals surface area contributed by atoms with Gasteiger partial charge in [0.25, 0.3) is 0 Å². The van der Waals surface area contributed by atoms with Crippen molar-refractivity contribution in [2.45, 2.75) is 31.1 Å². The van der Waals surface area contributed by atoms with E-state index in [0.29, 0.717) is 6.42 Å². The van der Waals surface area contributed by atoms with Gasteiger partial charge in [-0.25, -0.2) is 4.98 Å².